The van der Waals surface area contributed by atoms with Crippen LogP contribution in [0.4, 0.5) is 5.69 Å². The first-order valence-corrected chi connectivity index (χ1v) is 9.57. The molecule has 1 aromatic heterocycles. The molecule has 0 unspecified atom stereocenters. The fraction of sp³-hybridized carbons (Fsp3) is 0.111. The average Bonchev–Trinajstić information content (AvgIpc) is 2.96. The van der Waals surface area contributed by atoms with Gasteiger partial charge in [0.1, 0.15) is 0 Å². The summed E-state index contributed by atoms with van der Waals surface area (Å²) >= 11 is 0. The summed E-state index contributed by atoms with van der Waals surface area (Å²) in [6.07, 6.45) is 1.89. The number of nitrogens with one attached hydrogen (secondary N) is 1. The molecule has 8 nitrogen and oxygen atoms in total. The molecule has 28 heavy (non-hydrogen) atoms. The van der Waals surface area contributed by atoms with E-state index in [0.717, 1.165) is 16.5 Å². The zero-order chi connectivity index (χ0) is 19.6. The van der Waals surface area contributed by atoms with Crippen LogP contribution in [-0.4, -0.2) is 24.7 Å². The summed E-state index contributed by atoms with van der Waals surface area (Å²) in [5.41, 5.74) is 13.4. The summed E-state index contributed by atoms with van der Waals surface area (Å²) in [5, 5.41) is 8.52. The Morgan fingerprint density at radius 2 is 1.75 bits per heavy atom. The second-order valence-corrected chi connectivity index (χ2v) is 7.70. The SMILES string of the molecule is CC(=NN=C(N)N)c1cn(C)c2ccc(NS(=O)(=O)c3ccccc3)cc12.Cl. The van der Waals surface area contributed by atoms with Crippen LogP contribution < -0.4 is 16.2 Å². The number of nitrogens with two attached hydrogens (primary N) is 2. The molecule has 0 amide bonds. The van der Waals surface area contributed by atoms with Crippen molar-refractivity contribution in [1.29, 1.82) is 0 Å². The van der Waals surface area contributed by atoms with Crippen LogP contribution in [0.1, 0.15) is 12.5 Å². The van der Waals surface area contributed by atoms with Crippen molar-refractivity contribution in [3.63, 3.8) is 0 Å². The number of halogens is 1. The van der Waals surface area contributed by atoms with Crippen molar-refractivity contribution in [2.45, 2.75) is 11.8 Å². The Kier molecular flexibility index (Phi) is 6.32. The molecule has 0 aliphatic heterocycles. The highest BCUT2D eigenvalue weighted by Gasteiger charge is 2.15. The highest BCUT2D eigenvalue weighted by molar-refractivity contribution is 7.92. The van der Waals surface area contributed by atoms with Gasteiger partial charge in [-0.2, -0.15) is 5.10 Å². The van der Waals surface area contributed by atoms with E-state index in [1.165, 1.54) is 0 Å². The summed E-state index contributed by atoms with van der Waals surface area (Å²) in [6.45, 7) is 1.78. The number of hydrogen-bond donors (Lipinski definition) is 3. The lowest BCUT2D eigenvalue weighted by molar-refractivity contribution is 0.601. The number of guanidine groups is 1. The lowest BCUT2D eigenvalue weighted by Crippen LogP contribution is -2.22. The van der Waals surface area contributed by atoms with Gasteiger partial charge in [0.15, 0.2) is 0 Å². The number of sulfonamides is 1. The van der Waals surface area contributed by atoms with Gasteiger partial charge in [-0.25, -0.2) is 8.42 Å². The minimum atomic E-state index is -3.67. The van der Waals surface area contributed by atoms with Crippen LogP contribution in [0.2, 0.25) is 0 Å². The molecular formula is C18H21ClN6O2S. The smallest absolute Gasteiger partial charge is 0.261 e. The number of rotatable bonds is 5. The van der Waals surface area contributed by atoms with E-state index in [1.54, 1.807) is 49.4 Å². The Balaban J connectivity index is 0.00000280. The van der Waals surface area contributed by atoms with E-state index in [4.69, 9.17) is 11.5 Å². The first kappa shape index (κ1) is 21.3. The quantitative estimate of drug-likeness (QED) is 0.332. The summed E-state index contributed by atoms with van der Waals surface area (Å²) in [6, 6.07) is 13.5. The number of aromatic nitrogens is 1. The molecule has 0 bridgehead atoms. The molecular weight excluding hydrogens is 400 g/mol. The molecule has 0 aliphatic carbocycles. The zero-order valence-corrected chi connectivity index (χ0v) is 17.0. The van der Waals surface area contributed by atoms with E-state index in [1.807, 2.05) is 23.9 Å². The minimum absolute atomic E-state index is 0. The number of nitrogens with zero attached hydrogens (tertiary/aromatic N) is 3. The maximum absolute atomic E-state index is 12.6. The van der Waals surface area contributed by atoms with Crippen molar-refractivity contribution in [2.75, 3.05) is 4.72 Å². The lowest BCUT2D eigenvalue weighted by Gasteiger charge is -2.09. The Labute approximate surface area is 169 Å². The van der Waals surface area contributed by atoms with Crippen molar-refractivity contribution in [3.8, 4) is 0 Å². The van der Waals surface area contributed by atoms with Crippen molar-refractivity contribution >= 4 is 50.7 Å². The molecule has 10 heteroatoms. The molecule has 3 rings (SSSR count). The molecule has 2 aromatic carbocycles. The molecule has 0 spiro atoms. The number of benzene rings is 2. The molecule has 148 valence electrons. The number of hydrogen-bond acceptors (Lipinski definition) is 4. The van der Waals surface area contributed by atoms with Gasteiger partial charge in [-0.3, -0.25) is 4.72 Å². The van der Waals surface area contributed by atoms with Gasteiger partial charge in [0.05, 0.1) is 10.6 Å². The largest absolute Gasteiger partial charge is 0.369 e. The normalized spacial score (nSPS) is 11.7. The van der Waals surface area contributed by atoms with E-state index in [9.17, 15) is 8.42 Å². The highest BCUT2D eigenvalue weighted by Crippen LogP contribution is 2.26. The topological polar surface area (TPSA) is 128 Å². The molecule has 5 N–H and O–H groups in total. The van der Waals surface area contributed by atoms with E-state index < -0.39 is 10.0 Å². The number of anilines is 1. The Bertz CT molecular complexity index is 1150. The van der Waals surface area contributed by atoms with Gasteiger partial charge < -0.3 is 16.0 Å². The Morgan fingerprint density at radius 1 is 1.07 bits per heavy atom. The third-order valence-electron chi connectivity index (χ3n) is 4.00. The molecule has 3 aromatic rings. The molecule has 0 saturated heterocycles. The fourth-order valence-electron chi connectivity index (χ4n) is 2.74. The third-order valence-corrected chi connectivity index (χ3v) is 5.40. The average molecular weight is 421 g/mol. The molecule has 0 radical (unpaired) electrons. The van der Waals surface area contributed by atoms with E-state index in [2.05, 4.69) is 14.9 Å². The van der Waals surface area contributed by atoms with Gasteiger partial charge in [0.2, 0.25) is 5.96 Å². The summed E-state index contributed by atoms with van der Waals surface area (Å²) in [4.78, 5) is 0.198. The van der Waals surface area contributed by atoms with Crippen molar-refractivity contribution in [3.05, 3.63) is 60.3 Å². The molecule has 0 aliphatic rings. The molecule has 0 atom stereocenters. The predicted molar refractivity (Wildman–Crippen MR) is 115 cm³/mol. The first-order chi connectivity index (χ1) is 12.8. The molecule has 0 saturated carbocycles. The number of aryl methyl sites for hydroxylation is 1. The van der Waals surface area contributed by atoms with Gasteiger partial charge in [-0.05, 0) is 37.3 Å². The van der Waals surface area contributed by atoms with Gasteiger partial charge in [0.25, 0.3) is 10.0 Å². The van der Waals surface area contributed by atoms with Gasteiger partial charge in [-0.1, -0.05) is 18.2 Å². The first-order valence-electron chi connectivity index (χ1n) is 8.08. The second-order valence-electron chi connectivity index (χ2n) is 6.01. The van der Waals surface area contributed by atoms with Crippen molar-refractivity contribution in [1.82, 2.24) is 4.57 Å². The van der Waals surface area contributed by atoms with Crippen molar-refractivity contribution < 1.29 is 8.42 Å². The van der Waals surface area contributed by atoms with E-state index in [-0.39, 0.29) is 23.3 Å². The predicted octanol–water partition coefficient (Wildman–Crippen LogP) is 2.40. The zero-order valence-electron chi connectivity index (χ0n) is 15.3. The maximum atomic E-state index is 12.6. The van der Waals surface area contributed by atoms with Crippen LogP contribution in [0.25, 0.3) is 10.9 Å². The van der Waals surface area contributed by atoms with Crippen LogP contribution >= 0.6 is 12.4 Å². The Hall–Kier alpha value is -3.04. The summed E-state index contributed by atoms with van der Waals surface area (Å²) in [5.74, 6) is -0.133. The molecule has 0 fully saturated rings. The second kappa shape index (κ2) is 8.32. The van der Waals surface area contributed by atoms with Crippen LogP contribution in [0.3, 0.4) is 0 Å². The molecule has 1 heterocycles. The summed E-state index contributed by atoms with van der Waals surface area (Å²) < 4.78 is 29.6. The minimum Gasteiger partial charge on any atom is -0.369 e. The van der Waals surface area contributed by atoms with E-state index in [0.29, 0.717) is 11.4 Å². The summed E-state index contributed by atoms with van der Waals surface area (Å²) in [7, 11) is -1.78. The van der Waals surface area contributed by atoms with E-state index >= 15 is 0 Å². The van der Waals surface area contributed by atoms with Crippen LogP contribution in [0.15, 0.2) is 69.8 Å². The van der Waals surface area contributed by atoms with Gasteiger partial charge in [-0.15, -0.1) is 17.5 Å². The van der Waals surface area contributed by atoms with Crippen LogP contribution in [0.5, 0.6) is 0 Å². The maximum Gasteiger partial charge on any atom is 0.261 e. The highest BCUT2D eigenvalue weighted by atomic mass is 35.5. The standard InChI is InChI=1S/C18H20N6O2S.ClH/c1-12(21-22-18(19)20)16-11-24(2)17-9-8-13(10-15(16)17)23-27(25,26)14-6-4-3-5-7-14;/h3-11,23H,1-2H3,(H4,19,20,22);1H. The van der Waals surface area contributed by atoms with Crippen LogP contribution in [0, 0.1) is 0 Å². The van der Waals surface area contributed by atoms with Crippen LogP contribution in [-0.2, 0) is 17.1 Å². The van der Waals surface area contributed by atoms with Crippen molar-refractivity contribution in [2.24, 2.45) is 28.7 Å². The fourth-order valence-corrected chi connectivity index (χ4v) is 3.81. The van der Waals surface area contributed by atoms with Gasteiger partial charge in [0, 0.05) is 35.4 Å². The number of fused-ring (bicyclic) bond motifs is 1. The lowest BCUT2D eigenvalue weighted by atomic mass is 10.1. The van der Waals surface area contributed by atoms with Gasteiger partial charge >= 0.3 is 0 Å². The third kappa shape index (κ3) is 4.44. The Morgan fingerprint density at radius 3 is 2.39 bits per heavy atom. The monoisotopic (exact) mass is 420 g/mol.